The summed E-state index contributed by atoms with van der Waals surface area (Å²) in [6, 6.07) is 9.33. The van der Waals surface area contributed by atoms with Gasteiger partial charge in [-0.05, 0) is 36.2 Å². The summed E-state index contributed by atoms with van der Waals surface area (Å²) in [4.78, 5) is 4.48. The highest BCUT2D eigenvalue weighted by Gasteiger charge is 2.07. The molecule has 0 unspecified atom stereocenters. The van der Waals surface area contributed by atoms with Crippen molar-refractivity contribution in [3.8, 4) is 11.6 Å². The van der Waals surface area contributed by atoms with Crippen molar-refractivity contribution >= 4 is 27.5 Å². The van der Waals surface area contributed by atoms with E-state index in [1.54, 1.807) is 6.07 Å². The SMILES string of the molecule is CCCc1cc(CN)cc(Oc2ccc(Br)cc2Cl)n1. The number of halogens is 2. The number of aromatic nitrogens is 1. The van der Waals surface area contributed by atoms with Crippen molar-refractivity contribution in [1.29, 1.82) is 0 Å². The molecule has 5 heteroatoms. The number of pyridine rings is 1. The van der Waals surface area contributed by atoms with Crippen molar-refractivity contribution in [3.63, 3.8) is 0 Å². The molecule has 0 fully saturated rings. The lowest BCUT2D eigenvalue weighted by Gasteiger charge is -2.10. The van der Waals surface area contributed by atoms with Crippen molar-refractivity contribution in [3.05, 3.63) is 51.1 Å². The van der Waals surface area contributed by atoms with Gasteiger partial charge in [-0.1, -0.05) is 40.9 Å². The molecule has 0 aliphatic heterocycles. The van der Waals surface area contributed by atoms with Crippen LogP contribution >= 0.6 is 27.5 Å². The molecule has 0 spiro atoms. The van der Waals surface area contributed by atoms with Gasteiger partial charge in [-0.25, -0.2) is 4.98 Å². The van der Waals surface area contributed by atoms with Crippen LogP contribution in [-0.2, 0) is 13.0 Å². The third kappa shape index (κ3) is 3.95. The Hall–Kier alpha value is -1.10. The molecular formula is C15H16BrClN2O. The van der Waals surface area contributed by atoms with Crippen LogP contribution in [0.3, 0.4) is 0 Å². The summed E-state index contributed by atoms with van der Waals surface area (Å²) in [5.41, 5.74) is 7.70. The van der Waals surface area contributed by atoms with Gasteiger partial charge in [0.2, 0.25) is 5.88 Å². The molecule has 1 heterocycles. The molecule has 0 aliphatic rings. The molecule has 0 bridgehead atoms. The summed E-state index contributed by atoms with van der Waals surface area (Å²) in [6.45, 7) is 2.58. The van der Waals surface area contributed by atoms with Crippen LogP contribution in [0.1, 0.15) is 24.6 Å². The van der Waals surface area contributed by atoms with Gasteiger partial charge in [-0.2, -0.15) is 0 Å². The number of ether oxygens (including phenoxy) is 1. The van der Waals surface area contributed by atoms with Gasteiger partial charge in [0.05, 0.1) is 5.02 Å². The van der Waals surface area contributed by atoms with Crippen molar-refractivity contribution < 1.29 is 4.74 Å². The first kappa shape index (κ1) is 15.3. The molecule has 20 heavy (non-hydrogen) atoms. The Labute approximate surface area is 132 Å². The Kier molecular flexibility index (Phi) is 5.40. The molecule has 106 valence electrons. The summed E-state index contributed by atoms with van der Waals surface area (Å²) >= 11 is 9.51. The van der Waals surface area contributed by atoms with Crippen LogP contribution in [0.2, 0.25) is 5.02 Å². The lowest BCUT2D eigenvalue weighted by Crippen LogP contribution is -2.01. The molecule has 1 aromatic heterocycles. The lowest BCUT2D eigenvalue weighted by molar-refractivity contribution is 0.460. The van der Waals surface area contributed by atoms with Gasteiger partial charge >= 0.3 is 0 Å². The first-order chi connectivity index (χ1) is 9.62. The normalized spacial score (nSPS) is 10.6. The van der Waals surface area contributed by atoms with Crippen LogP contribution in [0.15, 0.2) is 34.8 Å². The largest absolute Gasteiger partial charge is 0.437 e. The average Bonchev–Trinajstić information content (AvgIpc) is 2.42. The first-order valence-electron chi connectivity index (χ1n) is 6.45. The van der Waals surface area contributed by atoms with Gasteiger partial charge in [0.1, 0.15) is 5.75 Å². The number of nitrogens with two attached hydrogens (primary N) is 1. The van der Waals surface area contributed by atoms with E-state index in [1.165, 1.54) is 0 Å². The second-order valence-corrected chi connectivity index (χ2v) is 5.76. The van der Waals surface area contributed by atoms with E-state index in [4.69, 9.17) is 22.1 Å². The maximum Gasteiger partial charge on any atom is 0.219 e. The van der Waals surface area contributed by atoms with Crippen molar-refractivity contribution in [1.82, 2.24) is 4.98 Å². The fraction of sp³-hybridized carbons (Fsp3) is 0.267. The Morgan fingerprint density at radius 3 is 2.75 bits per heavy atom. The Morgan fingerprint density at radius 2 is 2.10 bits per heavy atom. The number of hydrogen-bond acceptors (Lipinski definition) is 3. The van der Waals surface area contributed by atoms with E-state index in [1.807, 2.05) is 24.3 Å². The summed E-state index contributed by atoms with van der Waals surface area (Å²) in [7, 11) is 0. The molecule has 0 amide bonds. The maximum atomic E-state index is 6.15. The van der Waals surface area contributed by atoms with Gasteiger partial charge in [0.25, 0.3) is 0 Å². The molecule has 0 radical (unpaired) electrons. The predicted molar refractivity (Wildman–Crippen MR) is 85.3 cm³/mol. The van der Waals surface area contributed by atoms with Crippen molar-refractivity contribution in [2.45, 2.75) is 26.3 Å². The molecule has 0 aliphatic carbocycles. The zero-order chi connectivity index (χ0) is 14.5. The molecule has 1 aromatic carbocycles. The fourth-order valence-corrected chi connectivity index (χ4v) is 2.56. The average molecular weight is 356 g/mol. The lowest BCUT2D eigenvalue weighted by atomic mass is 10.1. The highest BCUT2D eigenvalue weighted by atomic mass is 79.9. The molecule has 2 aromatic rings. The second kappa shape index (κ2) is 7.07. The number of rotatable bonds is 5. The number of aryl methyl sites for hydroxylation is 1. The Bertz CT molecular complexity index is 604. The standard InChI is InChI=1S/C15H16BrClN2O/c1-2-3-12-6-10(9-18)7-15(19-12)20-14-5-4-11(16)8-13(14)17/h4-8H,2-3,9,18H2,1H3. The van der Waals surface area contributed by atoms with Crippen molar-refractivity contribution in [2.24, 2.45) is 5.73 Å². The third-order valence-corrected chi connectivity index (χ3v) is 3.55. The van der Waals surface area contributed by atoms with Crippen LogP contribution in [0.25, 0.3) is 0 Å². The fourth-order valence-electron chi connectivity index (χ4n) is 1.85. The van der Waals surface area contributed by atoms with Crippen LogP contribution in [0, 0.1) is 0 Å². The molecule has 0 saturated carbocycles. The molecular weight excluding hydrogens is 340 g/mol. The van der Waals surface area contributed by atoms with E-state index in [-0.39, 0.29) is 0 Å². The highest BCUT2D eigenvalue weighted by molar-refractivity contribution is 9.10. The second-order valence-electron chi connectivity index (χ2n) is 4.44. The Morgan fingerprint density at radius 1 is 1.30 bits per heavy atom. The van der Waals surface area contributed by atoms with Gasteiger partial charge < -0.3 is 10.5 Å². The summed E-state index contributed by atoms with van der Waals surface area (Å²) < 4.78 is 6.68. The molecule has 3 nitrogen and oxygen atoms in total. The first-order valence-corrected chi connectivity index (χ1v) is 7.62. The zero-order valence-electron chi connectivity index (χ0n) is 11.2. The molecule has 0 saturated heterocycles. The van der Waals surface area contributed by atoms with Crippen LogP contribution in [-0.4, -0.2) is 4.98 Å². The molecule has 2 rings (SSSR count). The van der Waals surface area contributed by atoms with E-state index in [2.05, 4.69) is 27.8 Å². The monoisotopic (exact) mass is 354 g/mol. The summed E-state index contributed by atoms with van der Waals surface area (Å²) in [6.07, 6.45) is 1.93. The molecule has 0 atom stereocenters. The van der Waals surface area contributed by atoms with E-state index >= 15 is 0 Å². The van der Waals surface area contributed by atoms with E-state index < -0.39 is 0 Å². The van der Waals surface area contributed by atoms with Crippen LogP contribution in [0.5, 0.6) is 11.6 Å². The predicted octanol–water partition coefficient (Wildman–Crippen LogP) is 4.70. The van der Waals surface area contributed by atoms with Crippen LogP contribution in [0.4, 0.5) is 0 Å². The van der Waals surface area contributed by atoms with Gasteiger partial charge in [-0.15, -0.1) is 0 Å². The third-order valence-electron chi connectivity index (χ3n) is 2.76. The smallest absolute Gasteiger partial charge is 0.219 e. The summed E-state index contributed by atoms with van der Waals surface area (Å²) in [5.74, 6) is 1.11. The van der Waals surface area contributed by atoms with E-state index in [0.29, 0.717) is 23.2 Å². The van der Waals surface area contributed by atoms with Gasteiger partial charge in [0, 0.05) is 22.8 Å². The number of nitrogens with zero attached hydrogens (tertiary/aromatic N) is 1. The van der Waals surface area contributed by atoms with Crippen LogP contribution < -0.4 is 10.5 Å². The summed E-state index contributed by atoms with van der Waals surface area (Å²) in [5, 5.41) is 0.538. The topological polar surface area (TPSA) is 48.1 Å². The van der Waals surface area contributed by atoms with E-state index in [0.717, 1.165) is 28.6 Å². The number of hydrogen-bond donors (Lipinski definition) is 1. The maximum absolute atomic E-state index is 6.15. The number of benzene rings is 1. The minimum absolute atomic E-state index is 0.462. The quantitative estimate of drug-likeness (QED) is 0.845. The minimum Gasteiger partial charge on any atom is -0.437 e. The minimum atomic E-state index is 0.462. The van der Waals surface area contributed by atoms with E-state index in [9.17, 15) is 0 Å². The van der Waals surface area contributed by atoms with Crippen molar-refractivity contribution in [2.75, 3.05) is 0 Å². The van der Waals surface area contributed by atoms with Gasteiger partial charge in [-0.3, -0.25) is 0 Å². The van der Waals surface area contributed by atoms with Gasteiger partial charge in [0.15, 0.2) is 0 Å². The molecule has 2 N–H and O–H groups in total. The Balaban J connectivity index is 2.29. The zero-order valence-corrected chi connectivity index (χ0v) is 13.5. The highest BCUT2D eigenvalue weighted by Crippen LogP contribution is 2.31.